The number of hydrogen-bond donors (Lipinski definition) is 3. The van der Waals surface area contributed by atoms with Crippen LogP contribution in [0.4, 0.5) is 0 Å². The van der Waals surface area contributed by atoms with Crippen molar-refractivity contribution >= 4 is 21.6 Å². The van der Waals surface area contributed by atoms with Gasteiger partial charge >= 0.3 is 0 Å². The van der Waals surface area contributed by atoms with Crippen molar-refractivity contribution < 1.29 is 18.3 Å². The predicted octanol–water partition coefficient (Wildman–Crippen LogP) is 2.92. The quantitative estimate of drug-likeness (QED) is 0.442. The minimum atomic E-state index is -3.64. The molecule has 8 nitrogen and oxygen atoms in total. The molecule has 0 unspecified atom stereocenters. The maximum absolute atomic E-state index is 12.7. The molecule has 0 atom stereocenters. The van der Waals surface area contributed by atoms with Gasteiger partial charge in [-0.05, 0) is 51.7 Å². The van der Waals surface area contributed by atoms with Crippen molar-refractivity contribution in [2.75, 3.05) is 27.2 Å². The number of amides is 1. The number of aromatic nitrogens is 1. The largest absolute Gasteiger partial charge is 0.494 e. The second-order valence-electron chi connectivity index (χ2n) is 8.31. The van der Waals surface area contributed by atoms with Crippen LogP contribution in [0.1, 0.15) is 33.5 Å². The molecule has 3 aromatic rings. The number of aromatic amines is 1. The van der Waals surface area contributed by atoms with Crippen molar-refractivity contribution in [1.82, 2.24) is 14.6 Å². The lowest BCUT2D eigenvalue weighted by molar-refractivity contribution is 0.101. The van der Waals surface area contributed by atoms with Gasteiger partial charge in [-0.3, -0.25) is 4.79 Å². The van der Waals surface area contributed by atoms with Gasteiger partial charge < -0.3 is 15.0 Å². The first-order valence-corrected chi connectivity index (χ1v) is 12.1. The van der Waals surface area contributed by atoms with E-state index in [2.05, 4.69) is 14.7 Å². The smallest absolute Gasteiger partial charge is 0.280 e. The molecule has 0 saturated heterocycles. The van der Waals surface area contributed by atoms with E-state index in [-0.39, 0.29) is 16.3 Å². The Labute approximate surface area is 193 Å². The lowest BCUT2D eigenvalue weighted by Crippen LogP contribution is -2.27. The molecule has 1 aliphatic rings. The van der Waals surface area contributed by atoms with E-state index in [1.54, 1.807) is 12.1 Å². The van der Waals surface area contributed by atoms with Crippen molar-refractivity contribution in [3.05, 3.63) is 70.8 Å². The van der Waals surface area contributed by atoms with E-state index in [9.17, 15) is 18.3 Å². The highest BCUT2D eigenvalue weighted by atomic mass is 32.2. The molecular formula is C24H26N4O4S. The number of sulfonamides is 1. The molecule has 2 aromatic carbocycles. The molecule has 0 radical (unpaired) electrons. The van der Waals surface area contributed by atoms with Crippen LogP contribution < -0.4 is 4.72 Å². The molecule has 172 valence electrons. The number of nitrogens with zero attached hydrogens (tertiary/aromatic N) is 2. The van der Waals surface area contributed by atoms with Gasteiger partial charge in [-0.1, -0.05) is 42.0 Å². The maximum atomic E-state index is 12.7. The maximum Gasteiger partial charge on any atom is 0.280 e. The second-order valence-corrected chi connectivity index (χ2v) is 10.1. The number of nitrogens with one attached hydrogen (secondary N) is 2. The Hall–Kier alpha value is -3.27. The summed E-state index contributed by atoms with van der Waals surface area (Å²) >= 11 is 0. The molecule has 2 heterocycles. The molecule has 33 heavy (non-hydrogen) atoms. The number of aliphatic imine (C=N–C) groups is 1. The van der Waals surface area contributed by atoms with Gasteiger partial charge in [0, 0.05) is 12.1 Å². The standard InChI is InChI=1S/C24H26N4O4S/c1-15-5-7-16(8-6-15)21-19-20(24(30)26-21)22(27-23(19)29)17-9-11-18(12-10-17)33(31,32)25-13-4-14-28(2)3/h5-12,25,27,29H,4,13-14H2,1-3H3. The SMILES string of the molecule is Cc1ccc(C2=NC(=O)c3c(-c4ccc(S(=O)(=O)NCCCN(C)C)cc4)[nH]c(O)c32)cc1. The van der Waals surface area contributed by atoms with E-state index in [1.807, 2.05) is 50.2 Å². The molecule has 0 spiro atoms. The van der Waals surface area contributed by atoms with Crippen LogP contribution >= 0.6 is 0 Å². The minimum absolute atomic E-state index is 0.131. The zero-order valence-electron chi connectivity index (χ0n) is 18.7. The topological polar surface area (TPSA) is 115 Å². The number of hydrogen-bond acceptors (Lipinski definition) is 5. The predicted molar refractivity (Wildman–Crippen MR) is 127 cm³/mol. The van der Waals surface area contributed by atoms with Crippen molar-refractivity contribution in [2.45, 2.75) is 18.2 Å². The van der Waals surface area contributed by atoms with Crippen molar-refractivity contribution in [2.24, 2.45) is 4.99 Å². The van der Waals surface area contributed by atoms with Gasteiger partial charge in [-0.15, -0.1) is 0 Å². The van der Waals surface area contributed by atoms with Gasteiger partial charge in [0.25, 0.3) is 5.91 Å². The van der Waals surface area contributed by atoms with Crippen LogP contribution in [0.15, 0.2) is 58.4 Å². The van der Waals surface area contributed by atoms with Gasteiger partial charge in [-0.25, -0.2) is 18.1 Å². The van der Waals surface area contributed by atoms with Gasteiger partial charge in [0.15, 0.2) is 5.88 Å². The van der Waals surface area contributed by atoms with Crippen LogP contribution in [0.25, 0.3) is 11.3 Å². The van der Waals surface area contributed by atoms with Crippen LogP contribution in [0.3, 0.4) is 0 Å². The fourth-order valence-corrected chi connectivity index (χ4v) is 4.84. The lowest BCUT2D eigenvalue weighted by atomic mass is 9.99. The van der Waals surface area contributed by atoms with Gasteiger partial charge in [0.05, 0.1) is 27.4 Å². The molecule has 0 aliphatic carbocycles. The zero-order chi connectivity index (χ0) is 23.8. The van der Waals surface area contributed by atoms with E-state index in [1.165, 1.54) is 12.1 Å². The normalized spacial score (nSPS) is 13.5. The highest BCUT2D eigenvalue weighted by Gasteiger charge is 2.33. The third-order valence-corrected chi connectivity index (χ3v) is 6.97. The molecule has 0 saturated carbocycles. The van der Waals surface area contributed by atoms with E-state index >= 15 is 0 Å². The van der Waals surface area contributed by atoms with Gasteiger partial charge in [-0.2, -0.15) is 0 Å². The summed E-state index contributed by atoms with van der Waals surface area (Å²) in [7, 11) is 0.225. The third-order valence-electron chi connectivity index (χ3n) is 5.50. The Kier molecular flexibility index (Phi) is 6.20. The number of rotatable bonds is 8. The van der Waals surface area contributed by atoms with E-state index < -0.39 is 15.9 Å². The fraction of sp³-hybridized carbons (Fsp3) is 0.250. The number of carbonyl (C=O) groups excluding carboxylic acids is 1. The van der Waals surface area contributed by atoms with E-state index in [4.69, 9.17) is 0 Å². The molecule has 0 bridgehead atoms. The lowest BCUT2D eigenvalue weighted by Gasteiger charge is -2.10. The van der Waals surface area contributed by atoms with Crippen molar-refractivity contribution in [3.63, 3.8) is 0 Å². The number of benzene rings is 2. The summed E-state index contributed by atoms with van der Waals surface area (Å²) in [5.74, 6) is -0.601. The average Bonchev–Trinajstić information content (AvgIpc) is 3.30. The Bertz CT molecular complexity index is 1320. The van der Waals surface area contributed by atoms with Crippen LogP contribution in [-0.2, 0) is 10.0 Å². The first kappa shape index (κ1) is 22.9. The van der Waals surface area contributed by atoms with Crippen LogP contribution in [-0.4, -0.2) is 62.2 Å². The summed E-state index contributed by atoms with van der Waals surface area (Å²) in [5, 5.41) is 10.6. The third kappa shape index (κ3) is 4.61. The Morgan fingerprint density at radius 1 is 1.00 bits per heavy atom. The molecular weight excluding hydrogens is 440 g/mol. The molecule has 9 heteroatoms. The summed E-state index contributed by atoms with van der Waals surface area (Å²) in [6, 6.07) is 13.7. The highest BCUT2D eigenvalue weighted by Crippen LogP contribution is 2.38. The zero-order valence-corrected chi connectivity index (χ0v) is 19.5. The fourth-order valence-electron chi connectivity index (χ4n) is 3.77. The molecule has 0 fully saturated rings. The number of H-pyrrole nitrogens is 1. The van der Waals surface area contributed by atoms with E-state index in [0.29, 0.717) is 35.5 Å². The van der Waals surface area contributed by atoms with Crippen molar-refractivity contribution in [1.29, 1.82) is 0 Å². The summed E-state index contributed by atoms with van der Waals surface area (Å²) in [5.41, 5.74) is 3.84. The number of aryl methyl sites for hydroxylation is 1. The summed E-state index contributed by atoms with van der Waals surface area (Å²) in [6.45, 7) is 3.09. The molecule has 1 aliphatic heterocycles. The monoisotopic (exact) mass is 466 g/mol. The first-order valence-electron chi connectivity index (χ1n) is 10.6. The van der Waals surface area contributed by atoms with Crippen molar-refractivity contribution in [3.8, 4) is 17.1 Å². The molecule has 1 amide bonds. The van der Waals surface area contributed by atoms with E-state index in [0.717, 1.165) is 17.7 Å². The van der Waals surface area contributed by atoms with Crippen LogP contribution in [0, 0.1) is 6.92 Å². The molecule has 1 aromatic heterocycles. The number of fused-ring (bicyclic) bond motifs is 1. The number of aromatic hydroxyl groups is 1. The second kappa shape index (κ2) is 8.93. The first-order chi connectivity index (χ1) is 15.7. The molecule has 3 N–H and O–H groups in total. The van der Waals surface area contributed by atoms with Gasteiger partial charge in [0.2, 0.25) is 10.0 Å². The minimum Gasteiger partial charge on any atom is -0.494 e. The summed E-state index contributed by atoms with van der Waals surface area (Å²) in [4.78, 5) is 21.9. The van der Waals surface area contributed by atoms with Gasteiger partial charge in [0.1, 0.15) is 0 Å². The highest BCUT2D eigenvalue weighted by molar-refractivity contribution is 7.89. The Morgan fingerprint density at radius 2 is 1.64 bits per heavy atom. The number of carbonyl (C=O) groups is 1. The Balaban J connectivity index is 1.59. The summed E-state index contributed by atoms with van der Waals surface area (Å²) < 4.78 is 27.7. The van der Waals surface area contributed by atoms with Crippen LogP contribution in [0.5, 0.6) is 5.88 Å². The molecule has 4 rings (SSSR count). The average molecular weight is 467 g/mol. The Morgan fingerprint density at radius 3 is 2.27 bits per heavy atom. The summed E-state index contributed by atoms with van der Waals surface area (Å²) in [6.07, 6.45) is 0.698. The van der Waals surface area contributed by atoms with Crippen LogP contribution in [0.2, 0.25) is 0 Å².